The quantitative estimate of drug-likeness (QED) is 0.734. The molecule has 0 bridgehead atoms. The van der Waals surface area contributed by atoms with Crippen LogP contribution in [0.2, 0.25) is 0 Å². The van der Waals surface area contributed by atoms with Crippen LogP contribution in [0.1, 0.15) is 40.5 Å². The lowest BCUT2D eigenvalue weighted by Crippen LogP contribution is -2.41. The molecule has 15 heavy (non-hydrogen) atoms. The average Bonchev–Trinajstić information content (AvgIpc) is 2.16. The van der Waals surface area contributed by atoms with Crippen molar-refractivity contribution in [2.24, 2.45) is 5.92 Å². The maximum atomic E-state index is 11.8. The molecule has 0 radical (unpaired) electrons. The van der Waals surface area contributed by atoms with Gasteiger partial charge in [0.1, 0.15) is 0 Å². The Morgan fingerprint density at radius 2 is 1.80 bits per heavy atom. The molecule has 4 nitrogen and oxygen atoms in total. The van der Waals surface area contributed by atoms with Crippen LogP contribution < -0.4 is 0 Å². The number of carbonyl (C=O) groups excluding carboxylic acids is 1. The minimum absolute atomic E-state index is 0.0167. The maximum absolute atomic E-state index is 11.8. The Balaban J connectivity index is 4.44. The van der Waals surface area contributed by atoms with Crippen molar-refractivity contribution in [3.63, 3.8) is 0 Å². The molecule has 88 valence electrons. The summed E-state index contributed by atoms with van der Waals surface area (Å²) in [5.74, 6) is -0.904. The molecule has 0 spiro atoms. The number of hydrogen-bond donors (Lipinski definition) is 1. The Labute approximate surface area is 91.3 Å². The van der Waals surface area contributed by atoms with Gasteiger partial charge in [0.25, 0.3) is 0 Å². The number of carboxylic acids is 1. The van der Waals surface area contributed by atoms with Crippen molar-refractivity contribution in [2.75, 3.05) is 6.54 Å². The summed E-state index contributed by atoms with van der Waals surface area (Å²) in [6, 6.07) is 0.110. The minimum Gasteiger partial charge on any atom is -0.481 e. The van der Waals surface area contributed by atoms with Crippen LogP contribution in [-0.2, 0) is 9.59 Å². The van der Waals surface area contributed by atoms with E-state index < -0.39 is 5.97 Å². The molecule has 0 aliphatic carbocycles. The fraction of sp³-hybridized carbons (Fsp3) is 0.818. The first-order chi connectivity index (χ1) is 6.90. The van der Waals surface area contributed by atoms with Gasteiger partial charge in [-0.2, -0.15) is 0 Å². The van der Waals surface area contributed by atoms with Crippen LogP contribution in [-0.4, -0.2) is 34.5 Å². The van der Waals surface area contributed by atoms with E-state index in [9.17, 15) is 9.59 Å². The number of amides is 1. The molecule has 0 aliphatic rings. The second-order valence-corrected chi connectivity index (χ2v) is 4.09. The number of rotatable bonds is 6. The first-order valence-corrected chi connectivity index (χ1v) is 5.42. The number of nitrogens with zero attached hydrogens (tertiary/aromatic N) is 1. The largest absolute Gasteiger partial charge is 0.481 e. The van der Waals surface area contributed by atoms with E-state index in [1.807, 2.05) is 27.7 Å². The van der Waals surface area contributed by atoms with E-state index >= 15 is 0 Å². The van der Waals surface area contributed by atoms with Crippen LogP contribution in [0.5, 0.6) is 0 Å². The lowest BCUT2D eigenvalue weighted by Gasteiger charge is -2.29. The molecule has 0 aromatic heterocycles. The summed E-state index contributed by atoms with van der Waals surface area (Å²) in [5.41, 5.74) is 0. The van der Waals surface area contributed by atoms with Crippen LogP contribution in [0.4, 0.5) is 0 Å². The van der Waals surface area contributed by atoms with Crippen molar-refractivity contribution in [3.05, 3.63) is 0 Å². The van der Waals surface area contributed by atoms with Gasteiger partial charge in [-0.15, -0.1) is 0 Å². The Kier molecular flexibility index (Phi) is 5.97. The van der Waals surface area contributed by atoms with E-state index in [1.165, 1.54) is 0 Å². The molecule has 0 aromatic carbocycles. The number of carbonyl (C=O) groups is 2. The Hall–Kier alpha value is -1.06. The third-order valence-corrected chi connectivity index (χ3v) is 2.47. The van der Waals surface area contributed by atoms with E-state index in [4.69, 9.17) is 5.11 Å². The van der Waals surface area contributed by atoms with Gasteiger partial charge in [0.15, 0.2) is 0 Å². The first kappa shape index (κ1) is 13.9. The second-order valence-electron chi connectivity index (χ2n) is 4.09. The molecular weight excluding hydrogens is 194 g/mol. The van der Waals surface area contributed by atoms with E-state index in [0.29, 0.717) is 6.54 Å². The van der Waals surface area contributed by atoms with Gasteiger partial charge in [-0.1, -0.05) is 20.8 Å². The molecule has 1 N–H and O–H groups in total. The third kappa shape index (κ3) is 4.81. The summed E-state index contributed by atoms with van der Waals surface area (Å²) in [6.07, 6.45) is 0.862. The zero-order valence-electron chi connectivity index (χ0n) is 9.99. The van der Waals surface area contributed by atoms with E-state index in [2.05, 4.69) is 0 Å². The van der Waals surface area contributed by atoms with Crippen LogP contribution in [0.3, 0.4) is 0 Å². The summed E-state index contributed by atoms with van der Waals surface area (Å²) in [5, 5.41) is 8.60. The number of aliphatic carboxylic acids is 1. The summed E-state index contributed by atoms with van der Waals surface area (Å²) < 4.78 is 0. The fourth-order valence-corrected chi connectivity index (χ4v) is 1.32. The van der Waals surface area contributed by atoms with E-state index in [1.54, 1.807) is 4.90 Å². The van der Waals surface area contributed by atoms with Crippen molar-refractivity contribution in [1.29, 1.82) is 0 Å². The van der Waals surface area contributed by atoms with Gasteiger partial charge in [-0.05, 0) is 13.3 Å². The monoisotopic (exact) mass is 215 g/mol. The molecule has 0 saturated heterocycles. The summed E-state index contributed by atoms with van der Waals surface area (Å²) in [4.78, 5) is 23.9. The molecule has 0 aromatic rings. The molecule has 1 amide bonds. The van der Waals surface area contributed by atoms with Gasteiger partial charge in [0.2, 0.25) is 5.91 Å². The highest BCUT2D eigenvalue weighted by molar-refractivity contribution is 5.79. The second kappa shape index (κ2) is 6.43. The molecule has 4 heteroatoms. The molecule has 1 unspecified atom stereocenters. The lowest BCUT2D eigenvalue weighted by atomic mass is 10.1. The number of hydrogen-bond acceptors (Lipinski definition) is 2. The molecule has 1 atom stereocenters. The van der Waals surface area contributed by atoms with Gasteiger partial charge in [-0.3, -0.25) is 9.59 Å². The Morgan fingerprint density at radius 1 is 1.27 bits per heavy atom. The van der Waals surface area contributed by atoms with Gasteiger partial charge in [0.05, 0.1) is 6.42 Å². The van der Waals surface area contributed by atoms with Crippen LogP contribution in [0, 0.1) is 5.92 Å². The summed E-state index contributed by atoms with van der Waals surface area (Å²) in [6.45, 7) is 7.91. The van der Waals surface area contributed by atoms with E-state index in [0.717, 1.165) is 6.42 Å². The predicted octanol–water partition coefficient (Wildman–Crippen LogP) is 1.74. The summed E-state index contributed by atoms with van der Waals surface area (Å²) in [7, 11) is 0. The van der Waals surface area contributed by atoms with Gasteiger partial charge in [-0.25, -0.2) is 0 Å². The van der Waals surface area contributed by atoms with Crippen molar-refractivity contribution < 1.29 is 14.7 Å². The first-order valence-electron chi connectivity index (χ1n) is 5.42. The lowest BCUT2D eigenvalue weighted by molar-refractivity contribution is -0.140. The fourth-order valence-electron chi connectivity index (χ4n) is 1.32. The predicted molar refractivity (Wildman–Crippen MR) is 58.6 cm³/mol. The zero-order chi connectivity index (χ0) is 12.0. The summed E-state index contributed by atoms with van der Waals surface area (Å²) >= 11 is 0. The van der Waals surface area contributed by atoms with Crippen LogP contribution in [0.15, 0.2) is 0 Å². The topological polar surface area (TPSA) is 57.6 Å². The number of carboxylic acid groups (broad SMARTS) is 1. The molecule has 0 rings (SSSR count). The smallest absolute Gasteiger partial charge is 0.305 e. The van der Waals surface area contributed by atoms with Crippen molar-refractivity contribution >= 4 is 11.9 Å². The average molecular weight is 215 g/mol. The Bertz CT molecular complexity index is 226. The molecule has 0 aliphatic heterocycles. The van der Waals surface area contributed by atoms with Crippen LogP contribution in [0.25, 0.3) is 0 Å². The van der Waals surface area contributed by atoms with Crippen molar-refractivity contribution in [3.8, 4) is 0 Å². The molecular formula is C11H21NO3. The normalized spacial score (nSPS) is 12.6. The maximum Gasteiger partial charge on any atom is 0.305 e. The van der Waals surface area contributed by atoms with E-state index in [-0.39, 0.29) is 24.3 Å². The van der Waals surface area contributed by atoms with Crippen molar-refractivity contribution in [1.82, 2.24) is 4.90 Å². The third-order valence-electron chi connectivity index (χ3n) is 2.47. The van der Waals surface area contributed by atoms with Gasteiger partial charge < -0.3 is 10.0 Å². The van der Waals surface area contributed by atoms with Gasteiger partial charge >= 0.3 is 5.97 Å². The zero-order valence-corrected chi connectivity index (χ0v) is 9.99. The van der Waals surface area contributed by atoms with Gasteiger partial charge in [0, 0.05) is 18.5 Å². The Morgan fingerprint density at radius 3 is 2.13 bits per heavy atom. The SMILES string of the molecule is CCC(C)N(CCC(=O)O)C(=O)C(C)C. The highest BCUT2D eigenvalue weighted by atomic mass is 16.4. The highest BCUT2D eigenvalue weighted by Crippen LogP contribution is 2.10. The van der Waals surface area contributed by atoms with Crippen molar-refractivity contribution in [2.45, 2.75) is 46.6 Å². The molecule has 0 fully saturated rings. The molecule has 0 heterocycles. The highest BCUT2D eigenvalue weighted by Gasteiger charge is 2.21. The minimum atomic E-state index is -0.861. The molecule has 0 saturated carbocycles. The van der Waals surface area contributed by atoms with Crippen LogP contribution >= 0.6 is 0 Å². The standard InChI is InChI=1S/C11H21NO3/c1-5-9(4)12(7-6-10(13)14)11(15)8(2)3/h8-9H,5-7H2,1-4H3,(H,13,14).